The summed E-state index contributed by atoms with van der Waals surface area (Å²) < 4.78 is 10.9. The van der Waals surface area contributed by atoms with Crippen molar-refractivity contribution < 1.29 is 14.2 Å². The first kappa shape index (κ1) is 19.8. The minimum Gasteiger partial charge on any atom is -0.372 e. The van der Waals surface area contributed by atoms with E-state index in [4.69, 9.17) is 9.37 Å². The highest BCUT2D eigenvalue weighted by Gasteiger charge is 2.40. The Hall–Kier alpha value is -2.51. The number of amides is 1. The van der Waals surface area contributed by atoms with Gasteiger partial charge in [-0.3, -0.25) is 9.69 Å². The predicted molar refractivity (Wildman–Crippen MR) is 109 cm³/mol. The van der Waals surface area contributed by atoms with E-state index in [0.717, 1.165) is 52.2 Å². The maximum absolute atomic E-state index is 12.6. The summed E-state index contributed by atoms with van der Waals surface area (Å²) in [7, 11) is 0. The highest BCUT2D eigenvalue weighted by atomic mass is 16.6. The van der Waals surface area contributed by atoms with Crippen molar-refractivity contribution in [1.29, 1.82) is 0 Å². The van der Waals surface area contributed by atoms with Crippen LogP contribution < -0.4 is 0 Å². The van der Waals surface area contributed by atoms with Gasteiger partial charge < -0.3 is 9.64 Å². The molecule has 0 saturated carbocycles. The van der Waals surface area contributed by atoms with Gasteiger partial charge in [-0.25, -0.2) is 4.63 Å². The molecule has 29 heavy (non-hydrogen) atoms. The van der Waals surface area contributed by atoms with Gasteiger partial charge >= 0.3 is 0 Å². The number of carbonyl (C=O) groups is 1. The highest BCUT2D eigenvalue weighted by molar-refractivity contribution is 5.78. The van der Waals surface area contributed by atoms with Gasteiger partial charge in [0, 0.05) is 32.7 Å². The van der Waals surface area contributed by atoms with E-state index in [1.165, 1.54) is 5.56 Å². The fourth-order valence-electron chi connectivity index (χ4n) is 4.11. The number of rotatable bonds is 5. The molecule has 1 aromatic heterocycles. The quantitative estimate of drug-likeness (QED) is 0.773. The van der Waals surface area contributed by atoms with E-state index in [-0.39, 0.29) is 17.9 Å². The van der Waals surface area contributed by atoms with Crippen molar-refractivity contribution >= 4 is 12.0 Å². The summed E-state index contributed by atoms with van der Waals surface area (Å²) in [5.74, 6) is 0.0807. The van der Waals surface area contributed by atoms with E-state index >= 15 is 0 Å². The van der Waals surface area contributed by atoms with Gasteiger partial charge in [0.05, 0.1) is 18.6 Å². The van der Waals surface area contributed by atoms with E-state index in [1.54, 1.807) is 6.92 Å². The number of benzene rings is 1. The first-order valence-corrected chi connectivity index (χ1v) is 10.3. The fourth-order valence-corrected chi connectivity index (χ4v) is 4.11. The molecule has 2 aliphatic rings. The molecule has 1 aromatic carbocycles. The molecule has 2 aliphatic heterocycles. The van der Waals surface area contributed by atoms with Crippen LogP contribution in [0.25, 0.3) is 6.08 Å². The van der Waals surface area contributed by atoms with Crippen molar-refractivity contribution in [1.82, 2.24) is 20.1 Å². The van der Waals surface area contributed by atoms with E-state index in [2.05, 4.69) is 51.6 Å². The molecular weight excluding hydrogens is 368 g/mol. The van der Waals surface area contributed by atoms with Gasteiger partial charge in [-0.15, -0.1) is 0 Å². The van der Waals surface area contributed by atoms with Gasteiger partial charge in [-0.1, -0.05) is 52.8 Å². The normalized spacial score (nSPS) is 19.8. The Morgan fingerprint density at radius 2 is 1.97 bits per heavy atom. The van der Waals surface area contributed by atoms with Crippen molar-refractivity contribution in [2.24, 2.45) is 0 Å². The maximum Gasteiger partial charge on any atom is 0.228 e. The highest BCUT2D eigenvalue weighted by Crippen LogP contribution is 2.30. The minimum absolute atomic E-state index is 0.0807. The van der Waals surface area contributed by atoms with Crippen LogP contribution in [0.1, 0.15) is 29.8 Å². The zero-order valence-corrected chi connectivity index (χ0v) is 16.9. The number of aromatic nitrogens is 2. The number of ether oxygens (including phenoxy) is 1. The number of likely N-dealkylation sites (tertiary alicyclic amines) is 1. The Morgan fingerprint density at radius 3 is 2.69 bits per heavy atom. The van der Waals surface area contributed by atoms with Gasteiger partial charge in [0.2, 0.25) is 5.91 Å². The molecule has 1 spiro atoms. The van der Waals surface area contributed by atoms with Crippen LogP contribution in [0.4, 0.5) is 0 Å². The molecule has 2 aromatic rings. The van der Waals surface area contributed by atoms with Crippen molar-refractivity contribution in [2.75, 3.05) is 39.3 Å². The Morgan fingerprint density at radius 1 is 1.17 bits per heavy atom. The van der Waals surface area contributed by atoms with Gasteiger partial charge in [-0.05, 0) is 25.3 Å². The number of carbonyl (C=O) groups excluding carboxylic acids is 1. The zero-order chi connectivity index (χ0) is 20.1. The van der Waals surface area contributed by atoms with Gasteiger partial charge in [-0.2, -0.15) is 0 Å². The largest absolute Gasteiger partial charge is 0.372 e. The lowest BCUT2D eigenvalue weighted by Gasteiger charge is -2.47. The van der Waals surface area contributed by atoms with Crippen molar-refractivity contribution in [2.45, 2.75) is 31.8 Å². The molecule has 2 saturated heterocycles. The number of nitrogens with zero attached hydrogens (tertiary/aromatic N) is 4. The molecule has 0 radical (unpaired) electrons. The first-order chi connectivity index (χ1) is 14.1. The summed E-state index contributed by atoms with van der Waals surface area (Å²) >= 11 is 0. The summed E-state index contributed by atoms with van der Waals surface area (Å²) in [6.07, 6.45) is 6.38. The minimum atomic E-state index is -0.138. The van der Waals surface area contributed by atoms with E-state index in [9.17, 15) is 4.79 Å². The second-order valence-electron chi connectivity index (χ2n) is 7.93. The summed E-state index contributed by atoms with van der Waals surface area (Å²) in [5, 5.41) is 7.57. The molecule has 0 unspecified atom stereocenters. The van der Waals surface area contributed by atoms with Crippen LogP contribution in [0.2, 0.25) is 0 Å². The molecule has 7 nitrogen and oxygen atoms in total. The van der Waals surface area contributed by atoms with E-state index in [1.807, 2.05) is 11.0 Å². The maximum atomic E-state index is 12.6. The Bertz CT molecular complexity index is 841. The van der Waals surface area contributed by atoms with Crippen LogP contribution in [0, 0.1) is 6.92 Å². The molecule has 0 aliphatic carbocycles. The van der Waals surface area contributed by atoms with Crippen molar-refractivity contribution in [3.63, 3.8) is 0 Å². The lowest BCUT2D eigenvalue weighted by atomic mass is 9.89. The molecule has 1 amide bonds. The van der Waals surface area contributed by atoms with Crippen LogP contribution in [-0.4, -0.2) is 71.0 Å². The van der Waals surface area contributed by atoms with E-state index in [0.29, 0.717) is 11.4 Å². The number of morpholine rings is 1. The second kappa shape index (κ2) is 8.88. The Balaban J connectivity index is 1.28. The molecule has 7 heteroatoms. The molecular formula is C22H28N4O3. The van der Waals surface area contributed by atoms with Gasteiger partial charge in [0.15, 0.2) is 0 Å². The van der Waals surface area contributed by atoms with Crippen LogP contribution in [0.15, 0.2) is 41.0 Å². The molecule has 0 bridgehead atoms. The van der Waals surface area contributed by atoms with Crippen molar-refractivity contribution in [3.05, 3.63) is 53.4 Å². The monoisotopic (exact) mass is 396 g/mol. The van der Waals surface area contributed by atoms with Crippen LogP contribution in [0.5, 0.6) is 0 Å². The second-order valence-corrected chi connectivity index (χ2v) is 7.93. The molecule has 0 N–H and O–H groups in total. The van der Waals surface area contributed by atoms with Crippen LogP contribution in [-0.2, 0) is 16.0 Å². The number of hydrogen-bond donors (Lipinski definition) is 0. The summed E-state index contributed by atoms with van der Waals surface area (Å²) in [6.45, 7) is 6.77. The zero-order valence-electron chi connectivity index (χ0n) is 16.9. The van der Waals surface area contributed by atoms with Gasteiger partial charge in [0.1, 0.15) is 11.4 Å². The summed E-state index contributed by atoms with van der Waals surface area (Å²) in [6, 6.07) is 10.4. The van der Waals surface area contributed by atoms with Gasteiger partial charge in [0.25, 0.3) is 0 Å². The number of piperidine rings is 1. The summed E-state index contributed by atoms with van der Waals surface area (Å²) in [4.78, 5) is 16.9. The van der Waals surface area contributed by atoms with E-state index < -0.39 is 0 Å². The Labute approximate surface area is 171 Å². The third-order valence-electron chi connectivity index (χ3n) is 5.89. The molecule has 2 fully saturated rings. The standard InChI is InChI=1S/C22H28N4O3/c1-18-20(24-29-23-18)16-21(27)26-12-9-22(10-13-26)17-25(14-15-28-22)11-5-8-19-6-3-2-4-7-19/h2-8H,9-17H2,1H3/b8-5+. The smallest absolute Gasteiger partial charge is 0.228 e. The third kappa shape index (κ3) is 4.92. The van der Waals surface area contributed by atoms with Crippen LogP contribution in [0.3, 0.4) is 0 Å². The number of aryl methyl sites for hydroxylation is 1. The average Bonchev–Trinajstić information content (AvgIpc) is 3.14. The fraction of sp³-hybridized carbons (Fsp3) is 0.500. The van der Waals surface area contributed by atoms with Crippen LogP contribution >= 0.6 is 0 Å². The SMILES string of the molecule is Cc1nonc1CC(=O)N1CCC2(CC1)CN(C/C=C/c1ccccc1)CCO2. The third-order valence-corrected chi connectivity index (χ3v) is 5.89. The number of hydrogen-bond acceptors (Lipinski definition) is 6. The van der Waals surface area contributed by atoms with Crippen molar-refractivity contribution in [3.8, 4) is 0 Å². The lowest BCUT2D eigenvalue weighted by Crippen LogP contribution is -2.57. The summed E-state index contributed by atoms with van der Waals surface area (Å²) in [5.41, 5.74) is 2.39. The topological polar surface area (TPSA) is 71.7 Å². The lowest BCUT2D eigenvalue weighted by molar-refractivity contribution is -0.149. The molecule has 0 atom stereocenters. The molecule has 154 valence electrons. The Kier molecular flexibility index (Phi) is 6.06. The first-order valence-electron chi connectivity index (χ1n) is 10.3. The predicted octanol–water partition coefficient (Wildman–Crippen LogP) is 2.33. The molecule has 3 heterocycles. The average molecular weight is 396 g/mol. The molecule has 4 rings (SSSR count).